The molecular formula is C17H29N7O. The molecule has 0 aromatic carbocycles. The highest BCUT2D eigenvalue weighted by Gasteiger charge is 2.06. The first-order valence-corrected chi connectivity index (χ1v) is 8.65. The van der Waals surface area contributed by atoms with Gasteiger partial charge in [0.25, 0.3) is 0 Å². The van der Waals surface area contributed by atoms with Gasteiger partial charge >= 0.3 is 0 Å². The van der Waals surface area contributed by atoms with Crippen LogP contribution in [0.3, 0.4) is 0 Å². The van der Waals surface area contributed by atoms with Crippen molar-refractivity contribution in [1.29, 1.82) is 0 Å². The molecule has 0 saturated heterocycles. The molecule has 0 saturated carbocycles. The molecule has 2 heterocycles. The Kier molecular flexibility index (Phi) is 7.46. The summed E-state index contributed by atoms with van der Waals surface area (Å²) in [5.74, 6) is 2.53. The zero-order valence-electron chi connectivity index (χ0n) is 15.6. The highest BCUT2D eigenvalue weighted by atomic mass is 16.5. The topological polar surface area (TPSA) is 81.3 Å². The van der Waals surface area contributed by atoms with E-state index in [2.05, 4.69) is 38.1 Å². The minimum absolute atomic E-state index is 0.573. The predicted octanol–water partition coefficient (Wildman–Crippen LogP) is 1.12. The molecule has 0 amide bonds. The number of guanidine groups is 1. The molecule has 0 aliphatic heterocycles. The van der Waals surface area contributed by atoms with Crippen LogP contribution in [0, 0.1) is 6.92 Å². The lowest BCUT2D eigenvalue weighted by Crippen LogP contribution is -2.38. The molecule has 8 heteroatoms. The highest BCUT2D eigenvalue weighted by Crippen LogP contribution is 2.01. The minimum atomic E-state index is 0.573. The Morgan fingerprint density at radius 2 is 2.12 bits per heavy atom. The molecule has 138 valence electrons. The van der Waals surface area contributed by atoms with Crippen LogP contribution >= 0.6 is 0 Å². The van der Waals surface area contributed by atoms with Crippen molar-refractivity contribution in [2.45, 2.75) is 33.4 Å². The molecule has 0 bridgehead atoms. The smallest absolute Gasteiger partial charge is 0.191 e. The fourth-order valence-corrected chi connectivity index (χ4v) is 2.29. The van der Waals surface area contributed by atoms with Gasteiger partial charge in [-0.1, -0.05) is 0 Å². The average molecular weight is 347 g/mol. The minimum Gasteiger partial charge on any atom is -0.382 e. The number of ether oxygens (including phenoxy) is 1. The lowest BCUT2D eigenvalue weighted by Gasteiger charge is -2.12. The van der Waals surface area contributed by atoms with Crippen LogP contribution in [0.15, 0.2) is 23.5 Å². The first kappa shape index (κ1) is 19.0. The van der Waals surface area contributed by atoms with E-state index in [0.717, 1.165) is 43.8 Å². The van der Waals surface area contributed by atoms with E-state index < -0.39 is 0 Å². The molecule has 0 spiro atoms. The Morgan fingerprint density at radius 3 is 2.76 bits per heavy atom. The Bertz CT molecular complexity index is 674. The summed E-state index contributed by atoms with van der Waals surface area (Å²) in [6.07, 6.45) is 5.03. The molecule has 0 unspecified atom stereocenters. The van der Waals surface area contributed by atoms with Crippen molar-refractivity contribution in [2.24, 2.45) is 19.1 Å². The molecule has 8 nitrogen and oxygen atoms in total. The van der Waals surface area contributed by atoms with E-state index >= 15 is 0 Å². The Hall–Kier alpha value is -2.35. The van der Waals surface area contributed by atoms with E-state index in [1.165, 1.54) is 5.56 Å². The van der Waals surface area contributed by atoms with Crippen LogP contribution in [0.25, 0.3) is 0 Å². The van der Waals surface area contributed by atoms with Crippen LogP contribution < -0.4 is 10.6 Å². The summed E-state index contributed by atoms with van der Waals surface area (Å²) in [4.78, 5) is 4.66. The van der Waals surface area contributed by atoms with Gasteiger partial charge in [-0.2, -0.15) is 0 Å². The van der Waals surface area contributed by atoms with Crippen LogP contribution in [0.2, 0.25) is 0 Å². The molecule has 25 heavy (non-hydrogen) atoms. The Balaban J connectivity index is 1.91. The van der Waals surface area contributed by atoms with Crippen molar-refractivity contribution in [3.05, 3.63) is 35.7 Å². The van der Waals surface area contributed by atoms with Crippen LogP contribution in [-0.2, 0) is 31.9 Å². The maximum Gasteiger partial charge on any atom is 0.191 e. The number of aliphatic imine (C=N–C) groups is 1. The van der Waals surface area contributed by atoms with Crippen molar-refractivity contribution in [3.8, 4) is 0 Å². The van der Waals surface area contributed by atoms with Gasteiger partial charge < -0.3 is 24.5 Å². The summed E-state index contributed by atoms with van der Waals surface area (Å²) in [6.45, 7) is 7.44. The molecule has 2 N–H and O–H groups in total. The van der Waals surface area contributed by atoms with Gasteiger partial charge in [0.1, 0.15) is 5.82 Å². The van der Waals surface area contributed by atoms with Crippen molar-refractivity contribution < 1.29 is 4.74 Å². The summed E-state index contributed by atoms with van der Waals surface area (Å²) < 4.78 is 9.36. The fourth-order valence-electron chi connectivity index (χ4n) is 2.29. The van der Waals surface area contributed by atoms with Gasteiger partial charge in [-0.15, -0.1) is 10.2 Å². The van der Waals surface area contributed by atoms with Crippen LogP contribution in [0.5, 0.6) is 0 Å². The third-order valence-electron chi connectivity index (χ3n) is 3.87. The van der Waals surface area contributed by atoms with Gasteiger partial charge in [0.05, 0.1) is 13.1 Å². The fraction of sp³-hybridized carbons (Fsp3) is 0.588. The van der Waals surface area contributed by atoms with Gasteiger partial charge in [-0.3, -0.25) is 0 Å². The molecule has 0 atom stereocenters. The van der Waals surface area contributed by atoms with Crippen LogP contribution in [0.1, 0.15) is 30.6 Å². The van der Waals surface area contributed by atoms with Crippen molar-refractivity contribution in [1.82, 2.24) is 30.0 Å². The average Bonchev–Trinajstić information content (AvgIpc) is 3.16. The van der Waals surface area contributed by atoms with Gasteiger partial charge in [0.2, 0.25) is 0 Å². The van der Waals surface area contributed by atoms with Crippen molar-refractivity contribution in [3.63, 3.8) is 0 Å². The number of aryl methyl sites for hydroxylation is 2. The molecule has 2 aromatic heterocycles. The summed E-state index contributed by atoms with van der Waals surface area (Å²) in [6, 6.07) is 2.07. The van der Waals surface area contributed by atoms with Gasteiger partial charge in [-0.25, -0.2) is 4.99 Å². The Morgan fingerprint density at radius 1 is 1.28 bits per heavy atom. The summed E-state index contributed by atoms with van der Waals surface area (Å²) in [5.41, 5.74) is 1.17. The highest BCUT2D eigenvalue weighted by molar-refractivity contribution is 5.79. The monoisotopic (exact) mass is 347 g/mol. The second-order valence-electron chi connectivity index (χ2n) is 5.90. The van der Waals surface area contributed by atoms with Gasteiger partial charge in [0, 0.05) is 46.2 Å². The maximum absolute atomic E-state index is 5.37. The normalized spacial score (nSPS) is 11.8. The number of rotatable bonds is 9. The first-order valence-electron chi connectivity index (χ1n) is 8.65. The summed E-state index contributed by atoms with van der Waals surface area (Å²) >= 11 is 0. The van der Waals surface area contributed by atoms with Gasteiger partial charge in [-0.05, 0) is 31.9 Å². The number of nitrogens with one attached hydrogen (secondary N) is 2. The number of hydrogen-bond donors (Lipinski definition) is 2. The zero-order valence-corrected chi connectivity index (χ0v) is 15.6. The molecule has 0 aliphatic carbocycles. The van der Waals surface area contributed by atoms with Crippen LogP contribution in [-0.4, -0.2) is 45.0 Å². The number of nitrogens with zero attached hydrogens (tertiary/aromatic N) is 5. The SMILES string of the molecule is CCOCCCNC(=NCc1ccn(C)c1)NCc1nnc(C)n1C. The quantitative estimate of drug-likeness (QED) is 0.404. The molecule has 2 rings (SSSR count). The van der Waals surface area contributed by atoms with E-state index in [-0.39, 0.29) is 0 Å². The Labute approximate surface area is 149 Å². The van der Waals surface area contributed by atoms with E-state index in [0.29, 0.717) is 13.1 Å². The lowest BCUT2D eigenvalue weighted by molar-refractivity contribution is 0.145. The second-order valence-corrected chi connectivity index (χ2v) is 5.90. The third kappa shape index (κ3) is 6.22. The lowest BCUT2D eigenvalue weighted by atomic mass is 10.3. The standard InChI is InChI=1S/C17H29N7O/c1-5-25-10-6-8-18-17(19-11-15-7-9-23(3)13-15)20-12-16-22-21-14(2)24(16)4/h7,9,13H,5-6,8,10-12H2,1-4H3,(H2,18,19,20). The molecular weight excluding hydrogens is 318 g/mol. The largest absolute Gasteiger partial charge is 0.382 e. The summed E-state index contributed by atoms with van der Waals surface area (Å²) in [5, 5.41) is 14.9. The molecule has 0 fully saturated rings. The second kappa shape index (κ2) is 9.83. The first-order chi connectivity index (χ1) is 12.1. The van der Waals surface area contributed by atoms with Crippen molar-refractivity contribution >= 4 is 5.96 Å². The van der Waals surface area contributed by atoms with E-state index in [9.17, 15) is 0 Å². The van der Waals surface area contributed by atoms with E-state index in [1.807, 2.05) is 43.3 Å². The van der Waals surface area contributed by atoms with Crippen molar-refractivity contribution in [2.75, 3.05) is 19.8 Å². The van der Waals surface area contributed by atoms with Crippen LogP contribution in [0.4, 0.5) is 0 Å². The summed E-state index contributed by atoms with van der Waals surface area (Å²) in [7, 11) is 3.97. The molecule has 0 radical (unpaired) electrons. The van der Waals surface area contributed by atoms with E-state index in [4.69, 9.17) is 4.74 Å². The zero-order chi connectivity index (χ0) is 18.1. The third-order valence-corrected chi connectivity index (χ3v) is 3.87. The molecule has 2 aromatic rings. The van der Waals surface area contributed by atoms with E-state index in [1.54, 1.807) is 0 Å². The number of aromatic nitrogens is 4. The van der Waals surface area contributed by atoms with Gasteiger partial charge in [0.15, 0.2) is 11.8 Å². The maximum atomic E-state index is 5.37. The number of hydrogen-bond acceptors (Lipinski definition) is 4. The predicted molar refractivity (Wildman–Crippen MR) is 98.2 cm³/mol. The molecule has 0 aliphatic rings.